The van der Waals surface area contributed by atoms with Crippen LogP contribution in [0.5, 0.6) is 0 Å². The molecular formula is C19H26I3N3O9. The molecule has 0 aliphatic rings. The van der Waals surface area contributed by atoms with E-state index < -0.39 is 62.3 Å². The van der Waals surface area contributed by atoms with Gasteiger partial charge in [0.25, 0.3) is 11.8 Å². The summed E-state index contributed by atoms with van der Waals surface area (Å²) in [6, 6.07) is 0. The second-order valence-corrected chi connectivity index (χ2v) is 10.4. The summed E-state index contributed by atoms with van der Waals surface area (Å²) in [5.41, 5.74) is 0.166. The molecule has 2 atom stereocenters. The molecule has 0 bridgehead atoms. The minimum Gasteiger partial charge on any atom is -0.395 e. The standard InChI is InChI=1S/C19H26I3N3O9/c1-25(3-10(31)7-29)19(34)12-13(20)11(18(33)23-2-9(30)6-28)14(21)16(15(12)22)24-17(32)8(4-26)5-27/h8-10,26-31H,2-7H2,1H3,(H,23,33)(H,24,32). The Morgan fingerprint density at radius 3 is 1.88 bits per heavy atom. The number of hydrogen-bond acceptors (Lipinski definition) is 9. The fourth-order valence-corrected chi connectivity index (χ4v) is 7.01. The van der Waals surface area contributed by atoms with Crippen molar-refractivity contribution in [1.29, 1.82) is 0 Å². The Labute approximate surface area is 236 Å². The van der Waals surface area contributed by atoms with E-state index in [0.717, 1.165) is 4.90 Å². The first-order chi connectivity index (χ1) is 15.9. The summed E-state index contributed by atoms with van der Waals surface area (Å²) in [6.07, 6.45) is -2.39. The van der Waals surface area contributed by atoms with Gasteiger partial charge in [-0.15, -0.1) is 0 Å². The normalized spacial score (nSPS) is 12.9. The molecule has 0 saturated carbocycles. The highest BCUT2D eigenvalue weighted by Gasteiger charge is 2.31. The zero-order valence-corrected chi connectivity index (χ0v) is 24.4. The number of halogens is 3. The summed E-state index contributed by atoms with van der Waals surface area (Å²) >= 11 is 5.46. The zero-order valence-electron chi connectivity index (χ0n) is 18.0. The highest BCUT2D eigenvalue weighted by Crippen LogP contribution is 2.36. The van der Waals surface area contributed by atoms with Gasteiger partial charge < -0.3 is 46.2 Å². The average molecular weight is 821 g/mol. The molecule has 0 aliphatic carbocycles. The lowest BCUT2D eigenvalue weighted by atomic mass is 10.1. The largest absolute Gasteiger partial charge is 0.395 e. The second-order valence-electron chi connectivity index (χ2n) is 7.19. The topological polar surface area (TPSA) is 200 Å². The second kappa shape index (κ2) is 15.0. The first-order valence-corrected chi connectivity index (χ1v) is 13.0. The Kier molecular flexibility index (Phi) is 13.9. The summed E-state index contributed by atoms with van der Waals surface area (Å²) < 4.78 is 0.771. The number of nitrogens with zero attached hydrogens (tertiary/aromatic N) is 1. The minimum atomic E-state index is -1.20. The predicted octanol–water partition coefficient (Wildman–Crippen LogP) is -1.45. The number of carbonyl (C=O) groups excluding carboxylic acids is 3. The Morgan fingerprint density at radius 2 is 1.38 bits per heavy atom. The molecule has 2 unspecified atom stereocenters. The van der Waals surface area contributed by atoms with Crippen LogP contribution >= 0.6 is 67.8 Å². The van der Waals surface area contributed by atoms with Crippen molar-refractivity contribution in [1.82, 2.24) is 10.2 Å². The van der Waals surface area contributed by atoms with Crippen molar-refractivity contribution < 1.29 is 45.0 Å². The number of aliphatic hydroxyl groups excluding tert-OH is 6. The van der Waals surface area contributed by atoms with Crippen LogP contribution in [0.2, 0.25) is 0 Å². The molecule has 0 aliphatic heterocycles. The highest BCUT2D eigenvalue weighted by atomic mass is 127. The quantitative estimate of drug-likeness (QED) is 0.116. The van der Waals surface area contributed by atoms with Gasteiger partial charge in [0.2, 0.25) is 5.91 Å². The lowest BCUT2D eigenvalue weighted by Crippen LogP contribution is -2.38. The molecule has 1 rings (SSSR count). The van der Waals surface area contributed by atoms with Crippen molar-refractivity contribution in [3.05, 3.63) is 21.8 Å². The number of anilines is 1. The van der Waals surface area contributed by atoms with Crippen LogP contribution in [0.1, 0.15) is 20.7 Å². The third-order valence-corrected chi connectivity index (χ3v) is 7.80. The zero-order chi connectivity index (χ0) is 26.2. The van der Waals surface area contributed by atoms with E-state index in [1.54, 1.807) is 0 Å². The number of nitrogens with one attached hydrogen (secondary N) is 2. The third-order valence-electron chi connectivity index (χ3n) is 4.57. The maximum absolute atomic E-state index is 13.2. The van der Waals surface area contributed by atoms with Gasteiger partial charge in [0, 0.05) is 23.7 Å². The Hall–Kier alpha value is -0.420. The molecule has 0 radical (unpaired) electrons. The number of amides is 3. The van der Waals surface area contributed by atoms with E-state index in [9.17, 15) is 34.8 Å². The number of benzene rings is 1. The molecule has 1 aromatic carbocycles. The van der Waals surface area contributed by atoms with Gasteiger partial charge in [-0.1, -0.05) is 0 Å². The molecular weight excluding hydrogens is 795 g/mol. The molecule has 3 amide bonds. The van der Waals surface area contributed by atoms with Gasteiger partial charge >= 0.3 is 0 Å². The third kappa shape index (κ3) is 8.05. The van der Waals surface area contributed by atoms with Gasteiger partial charge in [0.1, 0.15) is 0 Å². The van der Waals surface area contributed by atoms with Crippen LogP contribution in [-0.2, 0) is 4.79 Å². The highest BCUT2D eigenvalue weighted by molar-refractivity contribution is 14.1. The van der Waals surface area contributed by atoms with E-state index in [-0.39, 0.29) is 40.6 Å². The lowest BCUT2D eigenvalue weighted by Gasteiger charge is -2.24. The average Bonchev–Trinajstić information content (AvgIpc) is 2.80. The summed E-state index contributed by atoms with van der Waals surface area (Å²) in [5, 5.41) is 61.1. The summed E-state index contributed by atoms with van der Waals surface area (Å²) in [6.45, 7) is -2.85. The van der Waals surface area contributed by atoms with Gasteiger partial charge in [0.05, 0.1) is 68.5 Å². The smallest absolute Gasteiger partial charge is 0.255 e. The van der Waals surface area contributed by atoms with Crippen LogP contribution in [0.4, 0.5) is 5.69 Å². The van der Waals surface area contributed by atoms with Crippen LogP contribution < -0.4 is 10.6 Å². The summed E-state index contributed by atoms with van der Waals surface area (Å²) in [7, 11) is 1.40. The van der Waals surface area contributed by atoms with Gasteiger partial charge in [-0.05, 0) is 67.8 Å². The van der Waals surface area contributed by atoms with Crippen LogP contribution in [-0.4, -0.2) is 112 Å². The molecule has 0 spiro atoms. The van der Waals surface area contributed by atoms with Crippen LogP contribution in [0.15, 0.2) is 0 Å². The molecule has 0 saturated heterocycles. The molecule has 15 heteroatoms. The fraction of sp³-hybridized carbons (Fsp3) is 0.526. The van der Waals surface area contributed by atoms with Crippen LogP contribution in [0, 0.1) is 16.6 Å². The van der Waals surface area contributed by atoms with Gasteiger partial charge in [0.15, 0.2) is 0 Å². The van der Waals surface area contributed by atoms with E-state index in [1.165, 1.54) is 7.05 Å². The van der Waals surface area contributed by atoms with E-state index in [1.807, 2.05) is 67.8 Å². The van der Waals surface area contributed by atoms with Crippen LogP contribution in [0.3, 0.4) is 0 Å². The Balaban J connectivity index is 3.64. The lowest BCUT2D eigenvalue weighted by molar-refractivity contribution is -0.122. The van der Waals surface area contributed by atoms with E-state index in [2.05, 4.69) is 10.6 Å². The van der Waals surface area contributed by atoms with Crippen molar-refractivity contribution in [2.75, 3.05) is 51.9 Å². The molecule has 8 N–H and O–H groups in total. The number of likely N-dealkylation sites (N-methyl/N-ethyl adjacent to an activating group) is 1. The van der Waals surface area contributed by atoms with Crippen molar-refractivity contribution in [2.24, 2.45) is 5.92 Å². The summed E-state index contributed by atoms with van der Waals surface area (Å²) in [5.74, 6) is -3.14. The molecule has 12 nitrogen and oxygen atoms in total. The minimum absolute atomic E-state index is 0.0195. The molecule has 0 heterocycles. The van der Waals surface area contributed by atoms with Gasteiger partial charge in [-0.3, -0.25) is 14.4 Å². The molecule has 0 aromatic heterocycles. The maximum atomic E-state index is 13.2. The van der Waals surface area contributed by atoms with Gasteiger partial charge in [-0.2, -0.15) is 0 Å². The van der Waals surface area contributed by atoms with E-state index in [4.69, 9.17) is 10.2 Å². The predicted molar refractivity (Wildman–Crippen MR) is 146 cm³/mol. The van der Waals surface area contributed by atoms with E-state index in [0.29, 0.717) is 0 Å². The van der Waals surface area contributed by atoms with Crippen LogP contribution in [0.25, 0.3) is 0 Å². The van der Waals surface area contributed by atoms with Crippen molar-refractivity contribution >= 4 is 91.2 Å². The van der Waals surface area contributed by atoms with E-state index >= 15 is 0 Å². The molecule has 34 heavy (non-hydrogen) atoms. The fourth-order valence-electron chi connectivity index (χ4n) is 2.62. The monoisotopic (exact) mass is 821 g/mol. The van der Waals surface area contributed by atoms with Crippen molar-refractivity contribution in [2.45, 2.75) is 12.2 Å². The first-order valence-electron chi connectivity index (χ1n) is 9.79. The summed E-state index contributed by atoms with van der Waals surface area (Å²) in [4.78, 5) is 39.9. The molecule has 192 valence electrons. The SMILES string of the molecule is CN(CC(O)CO)C(=O)c1c(I)c(NC(=O)C(CO)CO)c(I)c(C(=O)NCC(O)CO)c1I. The van der Waals surface area contributed by atoms with Gasteiger partial charge in [-0.25, -0.2) is 0 Å². The Bertz CT molecular complexity index is 900. The number of aliphatic hydroxyl groups is 6. The van der Waals surface area contributed by atoms with Crippen molar-refractivity contribution in [3.63, 3.8) is 0 Å². The number of hydrogen-bond donors (Lipinski definition) is 8. The number of carbonyl (C=O) groups is 3. The van der Waals surface area contributed by atoms with Crippen molar-refractivity contribution in [3.8, 4) is 0 Å². The molecule has 1 aromatic rings. The first kappa shape index (κ1) is 31.6. The Morgan fingerprint density at radius 1 is 0.853 bits per heavy atom. The number of rotatable bonds is 12. The maximum Gasteiger partial charge on any atom is 0.255 e. The molecule has 0 fully saturated rings.